The molecule has 2 heterocycles. The predicted molar refractivity (Wildman–Crippen MR) is 97.6 cm³/mol. The second-order valence-electron chi connectivity index (χ2n) is 5.56. The molecule has 1 aliphatic rings. The van der Waals surface area contributed by atoms with Gasteiger partial charge in [0, 0.05) is 24.8 Å². The third-order valence-electron chi connectivity index (χ3n) is 3.90. The lowest BCUT2D eigenvalue weighted by atomic mass is 10.2. The summed E-state index contributed by atoms with van der Waals surface area (Å²) in [4.78, 5) is 29.3. The Morgan fingerprint density at radius 3 is 2.50 bits per heavy atom. The van der Waals surface area contributed by atoms with Gasteiger partial charge in [0.2, 0.25) is 5.78 Å². The summed E-state index contributed by atoms with van der Waals surface area (Å²) in [6.07, 6.45) is 3.63. The van der Waals surface area contributed by atoms with E-state index in [1.807, 2.05) is 18.2 Å². The molecule has 1 aliphatic heterocycles. The summed E-state index contributed by atoms with van der Waals surface area (Å²) in [7, 11) is 0. The summed E-state index contributed by atoms with van der Waals surface area (Å²) < 4.78 is 7.14. The van der Waals surface area contributed by atoms with Gasteiger partial charge in [-0.2, -0.15) is 0 Å². The van der Waals surface area contributed by atoms with Gasteiger partial charge in [-0.05, 0) is 62.9 Å². The van der Waals surface area contributed by atoms with Crippen LogP contribution in [0.4, 0.5) is 0 Å². The number of ketones is 1. The molecule has 1 amide bonds. The van der Waals surface area contributed by atoms with Crippen molar-refractivity contribution in [2.75, 3.05) is 19.7 Å². The van der Waals surface area contributed by atoms with Crippen LogP contribution in [0.1, 0.15) is 33.7 Å². The molecule has 0 bridgehead atoms. The summed E-state index contributed by atoms with van der Waals surface area (Å²) >= 11 is 6.78. The van der Waals surface area contributed by atoms with E-state index in [1.54, 1.807) is 17.2 Å². The zero-order valence-electron chi connectivity index (χ0n) is 12.9. The van der Waals surface area contributed by atoms with Gasteiger partial charge >= 0.3 is 0 Å². The van der Waals surface area contributed by atoms with Gasteiger partial charge in [-0.1, -0.05) is 6.07 Å². The number of carbonyl (C=O) groups excluding carboxylic acids is 2. The number of likely N-dealkylation sites (tertiary alicyclic amines) is 1. The quantitative estimate of drug-likeness (QED) is 0.692. The van der Waals surface area contributed by atoms with Crippen molar-refractivity contribution in [1.82, 2.24) is 9.88 Å². The van der Waals surface area contributed by atoms with Crippen molar-refractivity contribution in [2.45, 2.75) is 12.8 Å². The van der Waals surface area contributed by atoms with E-state index >= 15 is 0 Å². The number of rotatable bonds is 5. The number of hydrogen-bond acceptors (Lipinski definition) is 3. The van der Waals surface area contributed by atoms with E-state index in [-0.39, 0.29) is 18.3 Å². The molecule has 0 aliphatic carbocycles. The van der Waals surface area contributed by atoms with Crippen LogP contribution in [0.5, 0.6) is 5.75 Å². The molecular weight excluding hydrogens is 440 g/mol. The highest BCUT2D eigenvalue weighted by atomic mass is 79.9. The zero-order valence-corrected chi connectivity index (χ0v) is 16.0. The number of ether oxygens (including phenoxy) is 1. The topological polar surface area (TPSA) is 62.4 Å². The minimum Gasteiger partial charge on any atom is -0.483 e. The zero-order chi connectivity index (χ0) is 17.1. The molecule has 0 spiro atoms. The molecular formula is C17H16Br2N2O3. The molecule has 0 radical (unpaired) electrons. The van der Waals surface area contributed by atoms with Gasteiger partial charge in [0.05, 0.1) is 8.95 Å². The van der Waals surface area contributed by atoms with Crippen LogP contribution in [0.15, 0.2) is 39.4 Å². The Balaban J connectivity index is 1.64. The van der Waals surface area contributed by atoms with Crippen LogP contribution in [0.3, 0.4) is 0 Å². The van der Waals surface area contributed by atoms with Gasteiger partial charge in [0.1, 0.15) is 11.4 Å². The average Bonchev–Trinajstić information content (AvgIpc) is 3.25. The number of amides is 1. The monoisotopic (exact) mass is 454 g/mol. The maximum atomic E-state index is 12.3. The number of H-pyrrole nitrogens is 1. The lowest BCUT2D eigenvalue weighted by molar-refractivity contribution is 0.0787. The first-order valence-corrected chi connectivity index (χ1v) is 9.22. The standard InChI is InChI=1S/C17H16Br2N2O3/c18-12-4-3-5-13(19)16(12)24-10-15(22)11-8-14(20-9-11)17(23)21-6-1-2-7-21/h3-5,8-9,20H,1-2,6-7,10H2. The minimum atomic E-state index is -0.186. The number of halogens is 2. The van der Waals surface area contributed by atoms with Crippen molar-refractivity contribution in [2.24, 2.45) is 0 Å². The first-order chi connectivity index (χ1) is 11.6. The molecule has 126 valence electrons. The van der Waals surface area contributed by atoms with Crippen LogP contribution in [0, 0.1) is 0 Å². The highest BCUT2D eigenvalue weighted by Crippen LogP contribution is 2.33. The van der Waals surface area contributed by atoms with Crippen LogP contribution in [-0.4, -0.2) is 41.3 Å². The summed E-state index contributed by atoms with van der Waals surface area (Å²) in [6.45, 7) is 1.46. The molecule has 0 saturated carbocycles. The third kappa shape index (κ3) is 3.72. The summed E-state index contributed by atoms with van der Waals surface area (Å²) in [6, 6.07) is 7.15. The van der Waals surface area contributed by atoms with Crippen LogP contribution in [0.25, 0.3) is 0 Å². The van der Waals surface area contributed by atoms with Crippen LogP contribution in [0.2, 0.25) is 0 Å². The highest BCUT2D eigenvalue weighted by Gasteiger charge is 2.22. The average molecular weight is 456 g/mol. The molecule has 24 heavy (non-hydrogen) atoms. The Hall–Kier alpha value is -1.60. The fourth-order valence-corrected chi connectivity index (χ4v) is 3.84. The smallest absolute Gasteiger partial charge is 0.270 e. The molecule has 1 fully saturated rings. The van der Waals surface area contributed by atoms with Crippen LogP contribution >= 0.6 is 31.9 Å². The molecule has 5 nitrogen and oxygen atoms in total. The van der Waals surface area contributed by atoms with Crippen molar-refractivity contribution in [3.63, 3.8) is 0 Å². The van der Waals surface area contributed by atoms with Crippen molar-refractivity contribution < 1.29 is 14.3 Å². The molecule has 1 aromatic heterocycles. The van der Waals surface area contributed by atoms with Crippen LogP contribution in [-0.2, 0) is 0 Å². The fraction of sp³-hybridized carbons (Fsp3) is 0.294. The van der Waals surface area contributed by atoms with Crippen molar-refractivity contribution in [3.8, 4) is 5.75 Å². The highest BCUT2D eigenvalue weighted by molar-refractivity contribution is 9.11. The van der Waals surface area contributed by atoms with Gasteiger partial charge in [0.25, 0.3) is 5.91 Å². The number of hydrogen-bond donors (Lipinski definition) is 1. The molecule has 0 unspecified atom stereocenters. The first kappa shape index (κ1) is 17.2. The van der Waals surface area contributed by atoms with Gasteiger partial charge in [0.15, 0.2) is 6.61 Å². The maximum absolute atomic E-state index is 12.3. The van der Waals surface area contributed by atoms with Crippen molar-refractivity contribution in [3.05, 3.63) is 50.7 Å². The second kappa shape index (κ2) is 7.53. The van der Waals surface area contributed by atoms with Crippen molar-refractivity contribution in [1.29, 1.82) is 0 Å². The number of benzene rings is 1. The van der Waals surface area contributed by atoms with Crippen molar-refractivity contribution >= 4 is 43.6 Å². The molecule has 2 aromatic rings. The Labute approximate surface area is 156 Å². The first-order valence-electron chi connectivity index (χ1n) is 7.64. The maximum Gasteiger partial charge on any atom is 0.270 e. The molecule has 1 saturated heterocycles. The Bertz CT molecular complexity index is 747. The third-order valence-corrected chi connectivity index (χ3v) is 5.14. The van der Waals surface area contributed by atoms with Gasteiger partial charge in [-0.25, -0.2) is 0 Å². The SMILES string of the molecule is O=C(COc1c(Br)cccc1Br)c1c[nH]c(C(=O)N2CCCC2)c1. The number of carbonyl (C=O) groups is 2. The van der Waals surface area contributed by atoms with E-state index in [0.717, 1.165) is 34.9 Å². The lowest BCUT2D eigenvalue weighted by Gasteiger charge is -2.13. The molecule has 3 rings (SSSR count). The summed E-state index contributed by atoms with van der Waals surface area (Å²) in [5.74, 6) is 0.338. The fourth-order valence-electron chi connectivity index (χ4n) is 2.61. The number of para-hydroxylation sites is 1. The van der Waals surface area contributed by atoms with E-state index in [1.165, 1.54) is 0 Å². The van der Waals surface area contributed by atoms with Gasteiger partial charge < -0.3 is 14.6 Å². The Kier molecular flexibility index (Phi) is 5.40. The molecule has 7 heteroatoms. The number of nitrogens with one attached hydrogen (secondary N) is 1. The van der Waals surface area contributed by atoms with E-state index in [0.29, 0.717) is 17.0 Å². The number of Topliss-reactive ketones (excluding diaryl/α,β-unsaturated/α-hetero) is 1. The lowest BCUT2D eigenvalue weighted by Crippen LogP contribution is -2.27. The molecule has 0 atom stereocenters. The number of aromatic amines is 1. The minimum absolute atomic E-state index is 0.0546. The molecule has 1 aromatic carbocycles. The van der Waals surface area contributed by atoms with Gasteiger partial charge in [-0.15, -0.1) is 0 Å². The predicted octanol–water partition coefficient (Wildman–Crippen LogP) is 4.04. The van der Waals surface area contributed by atoms with Crippen LogP contribution < -0.4 is 4.74 Å². The van der Waals surface area contributed by atoms with E-state index in [4.69, 9.17) is 4.74 Å². The molecule has 1 N–H and O–H groups in total. The van der Waals surface area contributed by atoms with E-state index in [2.05, 4.69) is 36.8 Å². The normalized spacial score (nSPS) is 14.0. The van der Waals surface area contributed by atoms with E-state index in [9.17, 15) is 9.59 Å². The van der Waals surface area contributed by atoms with Gasteiger partial charge in [-0.3, -0.25) is 9.59 Å². The second-order valence-corrected chi connectivity index (χ2v) is 7.27. The Morgan fingerprint density at radius 2 is 1.83 bits per heavy atom. The van der Waals surface area contributed by atoms with E-state index < -0.39 is 0 Å². The summed E-state index contributed by atoms with van der Waals surface area (Å²) in [5.41, 5.74) is 0.892. The number of aromatic nitrogens is 1. The summed E-state index contributed by atoms with van der Waals surface area (Å²) in [5, 5.41) is 0. The largest absolute Gasteiger partial charge is 0.483 e. The Morgan fingerprint density at radius 1 is 1.17 bits per heavy atom. The number of nitrogens with zero attached hydrogens (tertiary/aromatic N) is 1.